The standard InChI is InChI=1S/2C8H11.C2H7Si.2ClH.Zr/c2*1-2-5-8-6-3-4-7-8;1-3-2;;;/h2*3-4,6-7H,2,5H2,1H3;3H,1-2H3;2*1H;/q;;;;;+2/p-2. The second-order valence-corrected chi connectivity index (χ2v) is 27.4. The smallest absolute Gasteiger partial charge is 1.00 e. The summed E-state index contributed by atoms with van der Waals surface area (Å²) in [6.45, 7) is 9.97. The average Bonchev–Trinajstić information content (AvgIpc) is 3.01. The maximum absolute atomic E-state index is 2.63. The molecular weight excluding hydrogens is 406 g/mol. The second-order valence-electron chi connectivity index (χ2n) is 6.59. The van der Waals surface area contributed by atoms with Crippen LogP contribution in [0.15, 0.2) is 48.6 Å². The molecule has 123 valence electrons. The Bertz CT molecular complexity index is 390. The zero-order valence-corrected chi connectivity index (χ0v) is 19.4. The van der Waals surface area contributed by atoms with Crippen molar-refractivity contribution in [2.24, 2.45) is 0 Å². The van der Waals surface area contributed by atoms with E-state index in [1.54, 1.807) is 0 Å². The van der Waals surface area contributed by atoms with Crippen LogP contribution >= 0.6 is 0 Å². The van der Waals surface area contributed by atoms with Crippen LogP contribution in [0.3, 0.4) is 0 Å². The fourth-order valence-electron chi connectivity index (χ4n) is 4.32. The van der Waals surface area contributed by atoms with E-state index in [-0.39, 0.29) is 24.8 Å². The molecule has 0 nitrogen and oxygen atoms in total. The predicted molar refractivity (Wildman–Crippen MR) is 90.6 cm³/mol. The fourth-order valence-corrected chi connectivity index (χ4v) is 33.7. The van der Waals surface area contributed by atoms with Gasteiger partial charge in [-0.25, -0.2) is 0 Å². The molecule has 0 heterocycles. The second kappa shape index (κ2) is 9.82. The number of allylic oxidation sites excluding steroid dienone is 8. The van der Waals surface area contributed by atoms with Crippen LogP contribution in [0.2, 0.25) is 19.3 Å². The molecule has 0 bridgehead atoms. The van der Waals surface area contributed by atoms with Crippen LogP contribution in [0.4, 0.5) is 0 Å². The molecule has 2 aliphatic carbocycles. The average molecular weight is 436 g/mol. The molecule has 0 amide bonds. The van der Waals surface area contributed by atoms with Crippen LogP contribution in [-0.2, 0) is 20.9 Å². The third-order valence-corrected chi connectivity index (χ3v) is 28.5. The minimum atomic E-state index is -1.64. The maximum Gasteiger partial charge on any atom is -1.00 e. The van der Waals surface area contributed by atoms with Crippen molar-refractivity contribution in [3.8, 4) is 0 Å². The van der Waals surface area contributed by atoms with Crippen LogP contribution in [-0.4, -0.2) is 5.92 Å². The minimum Gasteiger partial charge on any atom is -1.00 e. The Kier molecular flexibility index (Phi) is 10.1. The summed E-state index contributed by atoms with van der Waals surface area (Å²) in [7, 11) is 0. The summed E-state index contributed by atoms with van der Waals surface area (Å²) in [4.78, 5) is 0. The topological polar surface area (TPSA) is 0 Å². The van der Waals surface area contributed by atoms with E-state index in [0.29, 0.717) is 6.25 Å². The molecule has 0 aromatic carbocycles. The molecule has 0 aromatic heterocycles. The van der Waals surface area contributed by atoms with E-state index in [2.05, 4.69) is 75.5 Å². The van der Waals surface area contributed by atoms with Gasteiger partial charge in [0.05, 0.1) is 0 Å². The molecular formula is C18H29Cl2SiZr. The molecule has 2 aliphatic rings. The molecule has 0 unspecified atom stereocenters. The molecule has 2 rings (SSSR count). The van der Waals surface area contributed by atoms with Crippen LogP contribution in [0.1, 0.15) is 39.5 Å². The van der Waals surface area contributed by atoms with Gasteiger partial charge < -0.3 is 24.8 Å². The monoisotopic (exact) mass is 433 g/mol. The van der Waals surface area contributed by atoms with Crippen molar-refractivity contribution in [3.05, 3.63) is 48.6 Å². The van der Waals surface area contributed by atoms with Gasteiger partial charge in [0, 0.05) is 0 Å². The van der Waals surface area contributed by atoms with Gasteiger partial charge in [-0.05, 0) is 0 Å². The van der Waals surface area contributed by atoms with Gasteiger partial charge in [0.15, 0.2) is 0 Å². The van der Waals surface area contributed by atoms with E-state index in [9.17, 15) is 0 Å². The number of rotatable bonds is 7. The molecule has 0 fully saturated rings. The van der Waals surface area contributed by atoms with E-state index < -0.39 is 26.8 Å². The molecule has 0 saturated carbocycles. The van der Waals surface area contributed by atoms with Gasteiger partial charge in [0.1, 0.15) is 0 Å². The van der Waals surface area contributed by atoms with E-state index in [0.717, 1.165) is 0 Å². The van der Waals surface area contributed by atoms with E-state index in [4.69, 9.17) is 0 Å². The van der Waals surface area contributed by atoms with Crippen molar-refractivity contribution in [1.29, 1.82) is 0 Å². The Morgan fingerprint density at radius 2 is 1.05 bits per heavy atom. The summed E-state index contributed by atoms with van der Waals surface area (Å²) in [6.07, 6.45) is 25.1. The largest absolute Gasteiger partial charge is 1.00 e. The first-order chi connectivity index (χ1) is 9.60. The predicted octanol–water partition coefficient (Wildman–Crippen LogP) is -0.234. The van der Waals surface area contributed by atoms with Crippen molar-refractivity contribution in [2.45, 2.75) is 58.9 Å². The van der Waals surface area contributed by atoms with Gasteiger partial charge in [0.25, 0.3) is 0 Å². The molecule has 0 atom stereocenters. The Morgan fingerprint density at radius 3 is 1.27 bits per heavy atom. The number of hydrogen-bond donors (Lipinski definition) is 0. The van der Waals surface area contributed by atoms with Gasteiger partial charge in [0.2, 0.25) is 0 Å². The van der Waals surface area contributed by atoms with Crippen molar-refractivity contribution in [3.63, 3.8) is 0 Å². The van der Waals surface area contributed by atoms with Gasteiger partial charge in [-0.3, -0.25) is 0 Å². The minimum absolute atomic E-state index is 0. The summed E-state index contributed by atoms with van der Waals surface area (Å²) in [5, 5.41) is 0. The molecule has 0 N–H and O–H groups in total. The fraction of sp³-hybridized carbons (Fsp3) is 0.556. The number of hydrogen-bond acceptors (Lipinski definition) is 0. The summed E-state index contributed by atoms with van der Waals surface area (Å²) in [5.74, 6) is -0.598. The molecule has 0 aromatic rings. The zero-order valence-electron chi connectivity index (χ0n) is 14.3. The van der Waals surface area contributed by atoms with Crippen LogP contribution in [0.25, 0.3) is 0 Å². The zero-order chi connectivity index (χ0) is 14.6. The quantitative estimate of drug-likeness (QED) is 0.485. The molecule has 0 saturated heterocycles. The van der Waals surface area contributed by atoms with Crippen molar-refractivity contribution < 1.29 is 45.7 Å². The van der Waals surface area contributed by atoms with Crippen LogP contribution < -0.4 is 24.8 Å². The van der Waals surface area contributed by atoms with Crippen molar-refractivity contribution in [1.82, 2.24) is 0 Å². The summed E-state index contributed by atoms with van der Waals surface area (Å²) < 4.78 is 1.01. The van der Waals surface area contributed by atoms with E-state index >= 15 is 0 Å². The normalized spacial score (nSPS) is 19.3. The Morgan fingerprint density at radius 1 is 0.727 bits per heavy atom. The molecule has 0 spiro atoms. The third-order valence-electron chi connectivity index (χ3n) is 4.70. The van der Waals surface area contributed by atoms with Gasteiger partial charge in [-0.1, -0.05) is 0 Å². The first-order valence-electron chi connectivity index (χ1n) is 8.22. The van der Waals surface area contributed by atoms with Crippen LogP contribution in [0, 0.1) is 0 Å². The Balaban J connectivity index is 0.00000220. The van der Waals surface area contributed by atoms with Crippen molar-refractivity contribution in [2.75, 3.05) is 0 Å². The first kappa shape index (κ1) is 22.6. The summed E-state index contributed by atoms with van der Waals surface area (Å²) in [6, 6.07) is 0. The summed E-state index contributed by atoms with van der Waals surface area (Å²) >= 11 is -1.64. The van der Waals surface area contributed by atoms with Gasteiger partial charge >= 0.3 is 134 Å². The molecule has 22 heavy (non-hydrogen) atoms. The van der Waals surface area contributed by atoms with Gasteiger partial charge in [-0.15, -0.1) is 0 Å². The SMILES string of the molecule is CCC[C]1([Zr+2]([SiH](C)C)[C]2(CCC)C=CC=C2)C=CC=C1.[Cl-].[Cl-]. The van der Waals surface area contributed by atoms with E-state index in [1.165, 1.54) is 25.7 Å². The number of halogens is 2. The first-order valence-corrected chi connectivity index (χ1v) is 17.8. The molecule has 0 aliphatic heterocycles. The molecule has 4 heteroatoms. The van der Waals surface area contributed by atoms with Crippen molar-refractivity contribution >= 4 is 5.92 Å². The molecule has 0 radical (unpaired) electrons. The van der Waals surface area contributed by atoms with Gasteiger partial charge in [-0.2, -0.15) is 0 Å². The Labute approximate surface area is 158 Å². The van der Waals surface area contributed by atoms with Crippen LogP contribution in [0.5, 0.6) is 0 Å². The third kappa shape index (κ3) is 4.38. The Hall–Kier alpha value is 0.640. The summed E-state index contributed by atoms with van der Waals surface area (Å²) in [5.41, 5.74) is 0. The van der Waals surface area contributed by atoms with E-state index in [1.807, 2.05) is 0 Å². The maximum atomic E-state index is 2.63.